The third-order valence-electron chi connectivity index (χ3n) is 4.31. The van der Waals surface area contributed by atoms with Crippen LogP contribution in [0.5, 0.6) is 11.5 Å². The number of allylic oxidation sites excluding steroid dienone is 1. The molecule has 1 aliphatic heterocycles. The molecule has 6 heteroatoms. The number of hydrogen-bond donors (Lipinski definition) is 0. The van der Waals surface area contributed by atoms with E-state index in [9.17, 15) is 10.1 Å². The van der Waals surface area contributed by atoms with Crippen LogP contribution in [0, 0.1) is 16.7 Å². The van der Waals surface area contributed by atoms with Crippen LogP contribution in [0.2, 0.25) is 0 Å². The number of methoxy groups -OCH3 is 1. The molecular formula is C21H28N2O4. The van der Waals surface area contributed by atoms with E-state index in [1.807, 2.05) is 12.1 Å². The second-order valence-electron chi connectivity index (χ2n) is 7.46. The Balaban J connectivity index is 2.07. The van der Waals surface area contributed by atoms with Gasteiger partial charge >= 0.3 is 0 Å². The number of carbonyl (C=O) groups excluding carboxylic acids is 1. The van der Waals surface area contributed by atoms with Crippen LogP contribution in [0.3, 0.4) is 0 Å². The SMILES string of the molecule is COc1cc(/C=C(\C#N)C(=O)C(C)(C)C)ccc1OCCN1CCOCC1. The fraction of sp³-hybridized carbons (Fsp3) is 0.524. The Morgan fingerprint density at radius 2 is 2.00 bits per heavy atom. The quantitative estimate of drug-likeness (QED) is 0.541. The second-order valence-corrected chi connectivity index (χ2v) is 7.46. The first-order valence-electron chi connectivity index (χ1n) is 9.12. The Morgan fingerprint density at radius 3 is 2.59 bits per heavy atom. The van der Waals surface area contributed by atoms with Crippen LogP contribution in [0.4, 0.5) is 0 Å². The molecule has 1 heterocycles. The van der Waals surface area contributed by atoms with Crippen molar-refractivity contribution in [3.63, 3.8) is 0 Å². The third kappa shape index (κ3) is 6.09. The summed E-state index contributed by atoms with van der Waals surface area (Å²) < 4.78 is 16.6. The Morgan fingerprint density at radius 1 is 1.30 bits per heavy atom. The number of nitriles is 1. The average molecular weight is 372 g/mol. The molecule has 0 aliphatic carbocycles. The smallest absolute Gasteiger partial charge is 0.178 e. The lowest BCUT2D eigenvalue weighted by Crippen LogP contribution is -2.38. The number of carbonyl (C=O) groups is 1. The molecule has 0 radical (unpaired) electrons. The molecule has 2 rings (SSSR count). The molecule has 27 heavy (non-hydrogen) atoms. The predicted molar refractivity (Wildman–Crippen MR) is 104 cm³/mol. The molecule has 0 bridgehead atoms. The molecule has 146 valence electrons. The number of ether oxygens (including phenoxy) is 3. The van der Waals surface area contributed by atoms with Gasteiger partial charge in [-0.05, 0) is 23.8 Å². The van der Waals surface area contributed by atoms with E-state index in [0.29, 0.717) is 18.1 Å². The zero-order valence-corrected chi connectivity index (χ0v) is 16.6. The lowest BCUT2D eigenvalue weighted by Gasteiger charge is -2.26. The topological polar surface area (TPSA) is 71.8 Å². The summed E-state index contributed by atoms with van der Waals surface area (Å²) in [5.41, 5.74) is 0.251. The number of Topliss-reactive ketones (excluding diaryl/α,β-unsaturated/α-hetero) is 1. The minimum Gasteiger partial charge on any atom is -0.493 e. The Bertz CT molecular complexity index is 723. The van der Waals surface area contributed by atoms with Crippen LogP contribution >= 0.6 is 0 Å². The first-order chi connectivity index (χ1) is 12.8. The van der Waals surface area contributed by atoms with Crippen molar-refractivity contribution in [3.8, 4) is 17.6 Å². The minimum absolute atomic E-state index is 0.130. The molecule has 1 aromatic carbocycles. The van der Waals surface area contributed by atoms with Crippen LogP contribution in [0.1, 0.15) is 26.3 Å². The summed E-state index contributed by atoms with van der Waals surface area (Å²) in [7, 11) is 1.57. The normalized spacial score (nSPS) is 15.9. The number of benzene rings is 1. The van der Waals surface area contributed by atoms with Gasteiger partial charge in [-0.15, -0.1) is 0 Å². The van der Waals surface area contributed by atoms with Crippen molar-refractivity contribution >= 4 is 11.9 Å². The van der Waals surface area contributed by atoms with E-state index in [4.69, 9.17) is 14.2 Å². The van der Waals surface area contributed by atoms with Gasteiger partial charge in [-0.1, -0.05) is 26.8 Å². The van der Waals surface area contributed by atoms with Crippen LogP contribution in [-0.4, -0.2) is 57.2 Å². The molecule has 0 atom stereocenters. The van der Waals surface area contributed by atoms with E-state index in [0.717, 1.165) is 38.4 Å². The highest BCUT2D eigenvalue weighted by Crippen LogP contribution is 2.30. The first-order valence-corrected chi connectivity index (χ1v) is 9.12. The van der Waals surface area contributed by atoms with Gasteiger partial charge in [-0.2, -0.15) is 5.26 Å². The van der Waals surface area contributed by atoms with Crippen LogP contribution < -0.4 is 9.47 Å². The van der Waals surface area contributed by atoms with Crippen molar-refractivity contribution in [3.05, 3.63) is 29.3 Å². The van der Waals surface area contributed by atoms with E-state index in [-0.39, 0.29) is 11.4 Å². The number of hydrogen-bond acceptors (Lipinski definition) is 6. The summed E-state index contributed by atoms with van der Waals surface area (Å²) in [5, 5.41) is 9.33. The molecule has 6 nitrogen and oxygen atoms in total. The van der Waals surface area contributed by atoms with Crippen molar-refractivity contribution in [2.75, 3.05) is 46.6 Å². The maximum absolute atomic E-state index is 12.4. The summed E-state index contributed by atoms with van der Waals surface area (Å²) in [6, 6.07) is 7.40. The fourth-order valence-electron chi connectivity index (χ4n) is 2.72. The molecule has 1 fully saturated rings. The Kier molecular flexibility index (Phi) is 7.40. The highest BCUT2D eigenvalue weighted by atomic mass is 16.5. The lowest BCUT2D eigenvalue weighted by molar-refractivity contribution is -0.121. The van der Waals surface area contributed by atoms with Gasteiger partial charge in [0.05, 0.1) is 25.9 Å². The van der Waals surface area contributed by atoms with Crippen molar-refractivity contribution in [1.82, 2.24) is 4.90 Å². The highest BCUT2D eigenvalue weighted by Gasteiger charge is 2.25. The average Bonchev–Trinajstić information content (AvgIpc) is 2.66. The molecule has 0 amide bonds. The van der Waals surface area contributed by atoms with Gasteiger partial charge in [0.25, 0.3) is 0 Å². The third-order valence-corrected chi connectivity index (χ3v) is 4.31. The fourth-order valence-corrected chi connectivity index (χ4v) is 2.72. The molecule has 1 aromatic rings. The van der Waals surface area contributed by atoms with Crippen LogP contribution in [-0.2, 0) is 9.53 Å². The van der Waals surface area contributed by atoms with Crippen molar-refractivity contribution < 1.29 is 19.0 Å². The standard InChI is InChI=1S/C21H28N2O4/c1-21(2,3)20(24)17(15-22)13-16-5-6-18(19(14-16)25-4)27-12-9-23-7-10-26-11-8-23/h5-6,13-14H,7-12H2,1-4H3/b17-13+. The number of nitrogens with zero attached hydrogens (tertiary/aromatic N) is 2. The van der Waals surface area contributed by atoms with E-state index in [1.165, 1.54) is 0 Å². The number of rotatable bonds is 7. The van der Waals surface area contributed by atoms with Gasteiger partial charge < -0.3 is 14.2 Å². The van der Waals surface area contributed by atoms with Crippen LogP contribution in [0.25, 0.3) is 6.08 Å². The van der Waals surface area contributed by atoms with E-state index in [1.54, 1.807) is 46.1 Å². The van der Waals surface area contributed by atoms with Crippen LogP contribution in [0.15, 0.2) is 23.8 Å². The minimum atomic E-state index is -0.603. The zero-order chi connectivity index (χ0) is 19.9. The monoisotopic (exact) mass is 372 g/mol. The maximum atomic E-state index is 12.4. The predicted octanol–water partition coefficient (Wildman–Crippen LogP) is 2.93. The molecule has 1 saturated heterocycles. The van der Waals surface area contributed by atoms with Gasteiger partial charge in [0.1, 0.15) is 12.7 Å². The largest absolute Gasteiger partial charge is 0.493 e. The summed E-state index contributed by atoms with van der Waals surface area (Å²) >= 11 is 0. The first kappa shape index (κ1) is 20.9. The molecule has 0 spiro atoms. The molecule has 0 saturated carbocycles. The highest BCUT2D eigenvalue weighted by molar-refractivity contribution is 6.06. The van der Waals surface area contributed by atoms with Gasteiger partial charge in [0.2, 0.25) is 0 Å². The zero-order valence-electron chi connectivity index (χ0n) is 16.6. The number of morpholine rings is 1. The van der Waals surface area contributed by atoms with Gasteiger partial charge in [0, 0.05) is 25.0 Å². The van der Waals surface area contributed by atoms with Gasteiger partial charge in [-0.25, -0.2) is 0 Å². The molecular weight excluding hydrogens is 344 g/mol. The van der Waals surface area contributed by atoms with E-state index >= 15 is 0 Å². The van der Waals surface area contributed by atoms with Gasteiger partial charge in [0.15, 0.2) is 17.3 Å². The molecule has 0 N–H and O–H groups in total. The maximum Gasteiger partial charge on any atom is 0.178 e. The van der Waals surface area contributed by atoms with Crippen molar-refractivity contribution in [2.45, 2.75) is 20.8 Å². The number of ketones is 1. The lowest BCUT2D eigenvalue weighted by atomic mass is 9.86. The summed E-state index contributed by atoms with van der Waals surface area (Å²) in [4.78, 5) is 14.6. The molecule has 0 unspecified atom stereocenters. The van der Waals surface area contributed by atoms with E-state index in [2.05, 4.69) is 4.90 Å². The van der Waals surface area contributed by atoms with E-state index < -0.39 is 5.41 Å². The molecule has 1 aliphatic rings. The summed E-state index contributed by atoms with van der Waals surface area (Å²) in [6.07, 6.45) is 1.59. The Hall–Kier alpha value is -2.36. The van der Waals surface area contributed by atoms with Gasteiger partial charge in [-0.3, -0.25) is 9.69 Å². The Labute approximate surface area is 161 Å². The second kappa shape index (κ2) is 9.54. The molecule has 0 aromatic heterocycles. The van der Waals surface area contributed by atoms with Crippen molar-refractivity contribution in [2.24, 2.45) is 5.41 Å². The van der Waals surface area contributed by atoms with Crippen molar-refractivity contribution in [1.29, 1.82) is 5.26 Å². The summed E-state index contributed by atoms with van der Waals surface area (Å²) in [5.74, 6) is 1.03. The summed E-state index contributed by atoms with van der Waals surface area (Å²) in [6.45, 7) is 10.1.